The molecule has 0 saturated carbocycles. The maximum absolute atomic E-state index is 12.0. The van der Waals surface area contributed by atoms with Crippen LogP contribution in [0.1, 0.15) is 27.3 Å². The molecule has 1 fully saturated rings. The van der Waals surface area contributed by atoms with Gasteiger partial charge in [-0.3, -0.25) is 9.59 Å². The summed E-state index contributed by atoms with van der Waals surface area (Å²) < 4.78 is 1.62. The first-order valence-corrected chi connectivity index (χ1v) is 7.25. The lowest BCUT2D eigenvalue weighted by molar-refractivity contribution is 0.0942. The molecule has 2 rings (SSSR count). The third-order valence-electron chi connectivity index (χ3n) is 3.67. The molecule has 2 amide bonds. The quantitative estimate of drug-likeness (QED) is 0.618. The molecule has 1 aliphatic rings. The third-order valence-corrected chi connectivity index (χ3v) is 3.67. The molecule has 0 aliphatic carbocycles. The Hall–Kier alpha value is -1.57. The first kappa shape index (κ1) is 18.5. The van der Waals surface area contributed by atoms with Gasteiger partial charge in [0.1, 0.15) is 5.69 Å². The Kier molecular flexibility index (Phi) is 7.37. The minimum atomic E-state index is -0.525. The number of hydrogen-bond donors (Lipinski definition) is 3. The van der Waals surface area contributed by atoms with Crippen molar-refractivity contribution >= 4 is 24.2 Å². The fourth-order valence-electron chi connectivity index (χ4n) is 2.45. The number of halogens is 1. The van der Waals surface area contributed by atoms with E-state index in [0.717, 1.165) is 39.1 Å². The molecule has 22 heavy (non-hydrogen) atoms. The summed E-state index contributed by atoms with van der Waals surface area (Å²) in [7, 11) is 1.72. The summed E-state index contributed by atoms with van der Waals surface area (Å²) in [6.07, 6.45) is 2.48. The van der Waals surface area contributed by atoms with E-state index in [4.69, 9.17) is 5.73 Å². The maximum atomic E-state index is 12.0. The number of carbonyl (C=O) groups is 2. The van der Waals surface area contributed by atoms with Crippen molar-refractivity contribution in [1.29, 1.82) is 0 Å². The molecule has 0 bridgehead atoms. The standard InChI is InChI=1S/C14H23N5O2.ClH/c1-18-10-11(13(15)20)9-12(18)14(21)17-3-2-6-19-7-4-16-5-8-19;/h9-10,16H,2-8H2,1H3,(H2,15,20)(H,17,21);1H. The largest absolute Gasteiger partial charge is 0.366 e. The second-order valence-electron chi connectivity index (χ2n) is 5.29. The fraction of sp³-hybridized carbons (Fsp3) is 0.571. The Bertz CT molecular complexity index is 511. The average Bonchev–Trinajstić information content (AvgIpc) is 2.87. The van der Waals surface area contributed by atoms with Crippen molar-refractivity contribution in [2.24, 2.45) is 12.8 Å². The van der Waals surface area contributed by atoms with Crippen LogP contribution in [-0.2, 0) is 7.05 Å². The predicted octanol–water partition coefficient (Wildman–Crippen LogP) is -0.429. The zero-order chi connectivity index (χ0) is 15.2. The molecule has 2 heterocycles. The Morgan fingerprint density at radius 1 is 1.36 bits per heavy atom. The summed E-state index contributed by atoms with van der Waals surface area (Å²) >= 11 is 0. The van der Waals surface area contributed by atoms with E-state index in [1.165, 1.54) is 6.07 Å². The average molecular weight is 330 g/mol. The first-order valence-electron chi connectivity index (χ1n) is 7.25. The van der Waals surface area contributed by atoms with Gasteiger partial charge in [0.25, 0.3) is 5.91 Å². The fourth-order valence-corrected chi connectivity index (χ4v) is 2.45. The number of nitrogens with zero attached hydrogens (tertiary/aromatic N) is 2. The molecule has 0 spiro atoms. The molecule has 0 radical (unpaired) electrons. The van der Waals surface area contributed by atoms with Gasteiger partial charge in [-0.05, 0) is 19.0 Å². The van der Waals surface area contributed by atoms with Gasteiger partial charge in [0.2, 0.25) is 5.91 Å². The first-order chi connectivity index (χ1) is 10.1. The minimum absolute atomic E-state index is 0. The summed E-state index contributed by atoms with van der Waals surface area (Å²) in [5, 5.41) is 6.19. The van der Waals surface area contributed by atoms with Crippen LogP contribution in [0.5, 0.6) is 0 Å². The molecule has 1 saturated heterocycles. The number of aromatic nitrogens is 1. The topological polar surface area (TPSA) is 92.4 Å². The van der Waals surface area contributed by atoms with Gasteiger partial charge in [-0.1, -0.05) is 0 Å². The number of piperazine rings is 1. The van der Waals surface area contributed by atoms with Crippen molar-refractivity contribution in [1.82, 2.24) is 20.1 Å². The van der Waals surface area contributed by atoms with Crippen LogP contribution in [0.25, 0.3) is 0 Å². The van der Waals surface area contributed by atoms with E-state index in [1.54, 1.807) is 17.8 Å². The molecule has 7 nitrogen and oxygen atoms in total. The maximum Gasteiger partial charge on any atom is 0.267 e. The summed E-state index contributed by atoms with van der Waals surface area (Å²) in [5.74, 6) is -0.700. The van der Waals surface area contributed by atoms with Crippen molar-refractivity contribution in [3.05, 3.63) is 23.5 Å². The molecule has 1 aliphatic heterocycles. The number of primary amides is 1. The number of nitrogens with one attached hydrogen (secondary N) is 2. The highest BCUT2D eigenvalue weighted by Gasteiger charge is 2.14. The van der Waals surface area contributed by atoms with Gasteiger partial charge in [-0.25, -0.2) is 0 Å². The van der Waals surface area contributed by atoms with Crippen LogP contribution in [0.4, 0.5) is 0 Å². The van der Waals surface area contributed by atoms with Crippen molar-refractivity contribution in [3.63, 3.8) is 0 Å². The third kappa shape index (κ3) is 5.01. The molecule has 8 heteroatoms. The van der Waals surface area contributed by atoms with Gasteiger partial charge in [0.15, 0.2) is 0 Å². The van der Waals surface area contributed by atoms with E-state index >= 15 is 0 Å². The van der Waals surface area contributed by atoms with Crippen LogP contribution in [0.2, 0.25) is 0 Å². The van der Waals surface area contributed by atoms with E-state index in [-0.39, 0.29) is 18.3 Å². The van der Waals surface area contributed by atoms with Crippen LogP contribution in [0.15, 0.2) is 12.3 Å². The zero-order valence-electron chi connectivity index (χ0n) is 12.8. The van der Waals surface area contributed by atoms with Crippen LogP contribution >= 0.6 is 12.4 Å². The molecule has 0 atom stereocenters. The number of aryl methyl sites for hydroxylation is 1. The summed E-state index contributed by atoms with van der Waals surface area (Å²) in [4.78, 5) is 25.5. The van der Waals surface area contributed by atoms with Crippen molar-refractivity contribution in [2.75, 3.05) is 39.3 Å². The van der Waals surface area contributed by atoms with Gasteiger partial charge in [-0.15, -0.1) is 12.4 Å². The monoisotopic (exact) mass is 329 g/mol. The second-order valence-corrected chi connectivity index (χ2v) is 5.29. The van der Waals surface area contributed by atoms with E-state index < -0.39 is 5.91 Å². The molecule has 0 unspecified atom stereocenters. The lowest BCUT2D eigenvalue weighted by Gasteiger charge is -2.27. The van der Waals surface area contributed by atoms with E-state index in [9.17, 15) is 9.59 Å². The zero-order valence-corrected chi connectivity index (χ0v) is 13.6. The Morgan fingerprint density at radius 3 is 2.64 bits per heavy atom. The number of rotatable bonds is 6. The number of carbonyl (C=O) groups excluding carboxylic acids is 2. The second kappa shape index (κ2) is 8.77. The summed E-state index contributed by atoms with van der Waals surface area (Å²) in [6, 6.07) is 1.52. The lowest BCUT2D eigenvalue weighted by atomic mass is 10.3. The Morgan fingerprint density at radius 2 is 2.05 bits per heavy atom. The highest BCUT2D eigenvalue weighted by atomic mass is 35.5. The van der Waals surface area contributed by atoms with Crippen molar-refractivity contribution in [2.45, 2.75) is 6.42 Å². The van der Waals surface area contributed by atoms with Crippen molar-refractivity contribution < 1.29 is 9.59 Å². The Balaban J connectivity index is 0.00000242. The van der Waals surface area contributed by atoms with E-state index in [0.29, 0.717) is 17.8 Å². The van der Waals surface area contributed by atoms with Crippen molar-refractivity contribution in [3.8, 4) is 0 Å². The van der Waals surface area contributed by atoms with Gasteiger partial charge < -0.3 is 25.8 Å². The van der Waals surface area contributed by atoms with Crippen LogP contribution in [-0.4, -0.2) is 60.5 Å². The number of amides is 2. The summed E-state index contributed by atoms with van der Waals surface area (Å²) in [6.45, 7) is 5.81. The molecule has 124 valence electrons. The molecule has 4 N–H and O–H groups in total. The lowest BCUT2D eigenvalue weighted by Crippen LogP contribution is -2.44. The highest BCUT2D eigenvalue weighted by molar-refractivity contribution is 5.98. The van der Waals surface area contributed by atoms with Gasteiger partial charge in [-0.2, -0.15) is 0 Å². The number of nitrogens with two attached hydrogens (primary N) is 1. The molecule has 1 aromatic rings. The molecule has 1 aromatic heterocycles. The predicted molar refractivity (Wildman–Crippen MR) is 87.4 cm³/mol. The normalized spacial score (nSPS) is 15.1. The van der Waals surface area contributed by atoms with E-state index in [2.05, 4.69) is 15.5 Å². The summed E-state index contributed by atoms with van der Waals surface area (Å²) in [5.41, 5.74) is 6.01. The smallest absolute Gasteiger partial charge is 0.267 e. The van der Waals surface area contributed by atoms with E-state index in [1.807, 2.05) is 0 Å². The number of hydrogen-bond acceptors (Lipinski definition) is 4. The van der Waals surface area contributed by atoms with Crippen LogP contribution < -0.4 is 16.4 Å². The van der Waals surface area contributed by atoms with Gasteiger partial charge in [0, 0.05) is 46.0 Å². The Labute approximate surface area is 136 Å². The molecule has 0 aromatic carbocycles. The van der Waals surface area contributed by atoms with Gasteiger partial charge in [0.05, 0.1) is 5.56 Å². The van der Waals surface area contributed by atoms with Crippen LogP contribution in [0.3, 0.4) is 0 Å². The molecular formula is C14H24ClN5O2. The van der Waals surface area contributed by atoms with Crippen LogP contribution in [0, 0.1) is 0 Å². The SMILES string of the molecule is Cl.Cn1cc(C(N)=O)cc1C(=O)NCCCN1CCNCC1. The highest BCUT2D eigenvalue weighted by Crippen LogP contribution is 2.06. The van der Waals surface area contributed by atoms with Gasteiger partial charge >= 0.3 is 0 Å². The molecular weight excluding hydrogens is 306 g/mol. The minimum Gasteiger partial charge on any atom is -0.366 e.